The highest BCUT2D eigenvalue weighted by molar-refractivity contribution is 5.94. The minimum atomic E-state index is -0.000531. The average Bonchev–Trinajstić information content (AvgIpc) is 2.88. The monoisotopic (exact) mass is 341 g/mol. The molecule has 7 heteroatoms. The van der Waals surface area contributed by atoms with Crippen LogP contribution in [0.4, 0.5) is 5.95 Å². The molecule has 2 aromatic heterocycles. The van der Waals surface area contributed by atoms with Crippen molar-refractivity contribution in [1.29, 1.82) is 0 Å². The molecule has 0 radical (unpaired) electrons. The fourth-order valence-corrected chi connectivity index (χ4v) is 2.78. The van der Waals surface area contributed by atoms with Gasteiger partial charge in [0.05, 0.1) is 11.7 Å². The van der Waals surface area contributed by atoms with E-state index in [1.54, 1.807) is 36.8 Å². The molecule has 1 fully saturated rings. The molecule has 25 heavy (non-hydrogen) atoms. The van der Waals surface area contributed by atoms with Crippen molar-refractivity contribution in [3.05, 3.63) is 42.4 Å². The van der Waals surface area contributed by atoms with Crippen LogP contribution in [-0.2, 0) is 0 Å². The minimum absolute atomic E-state index is 0.000531. The molecule has 0 aliphatic carbocycles. The lowest BCUT2D eigenvalue weighted by atomic mass is 10.2. The molecule has 1 aliphatic heterocycles. The Kier molecular flexibility index (Phi) is 5.42. The van der Waals surface area contributed by atoms with Crippen LogP contribution in [0.2, 0.25) is 0 Å². The summed E-state index contributed by atoms with van der Waals surface area (Å²) in [5.74, 6) is 1.25. The Hall–Kier alpha value is -2.70. The second kappa shape index (κ2) is 7.92. The topological polar surface area (TPSA) is 71.5 Å². The van der Waals surface area contributed by atoms with Crippen molar-refractivity contribution in [2.45, 2.75) is 26.4 Å². The van der Waals surface area contributed by atoms with Crippen LogP contribution >= 0.6 is 0 Å². The van der Waals surface area contributed by atoms with Gasteiger partial charge in [-0.15, -0.1) is 0 Å². The Morgan fingerprint density at radius 1 is 1.08 bits per heavy atom. The Balaban J connectivity index is 1.63. The number of anilines is 1. The normalized spacial score (nSPS) is 15.2. The minimum Gasteiger partial charge on any atom is -0.475 e. The van der Waals surface area contributed by atoms with E-state index in [1.807, 2.05) is 18.7 Å². The Labute approximate surface area is 147 Å². The van der Waals surface area contributed by atoms with Crippen molar-refractivity contribution in [1.82, 2.24) is 19.9 Å². The molecule has 0 saturated carbocycles. The van der Waals surface area contributed by atoms with E-state index in [2.05, 4.69) is 19.9 Å². The molecule has 0 bridgehead atoms. The predicted molar refractivity (Wildman–Crippen MR) is 94.8 cm³/mol. The number of carbonyl (C=O) groups excluding carboxylic acids is 1. The maximum absolute atomic E-state index is 12.7. The molecule has 0 aromatic carbocycles. The van der Waals surface area contributed by atoms with Gasteiger partial charge in [0.25, 0.3) is 5.91 Å². The van der Waals surface area contributed by atoms with E-state index < -0.39 is 0 Å². The number of aromatic nitrogens is 3. The average molecular weight is 341 g/mol. The summed E-state index contributed by atoms with van der Waals surface area (Å²) in [7, 11) is 0. The summed E-state index contributed by atoms with van der Waals surface area (Å²) < 4.78 is 5.52. The number of amides is 1. The van der Waals surface area contributed by atoms with Crippen LogP contribution in [0, 0.1) is 0 Å². The molecule has 1 saturated heterocycles. The molecule has 7 nitrogen and oxygen atoms in total. The summed E-state index contributed by atoms with van der Waals surface area (Å²) in [4.78, 5) is 29.5. The molecule has 3 heterocycles. The van der Waals surface area contributed by atoms with Crippen molar-refractivity contribution < 1.29 is 9.53 Å². The van der Waals surface area contributed by atoms with Gasteiger partial charge in [0, 0.05) is 50.8 Å². The van der Waals surface area contributed by atoms with Gasteiger partial charge >= 0.3 is 0 Å². The largest absolute Gasteiger partial charge is 0.475 e. The van der Waals surface area contributed by atoms with E-state index in [0.29, 0.717) is 30.5 Å². The zero-order valence-corrected chi connectivity index (χ0v) is 14.6. The van der Waals surface area contributed by atoms with Crippen LogP contribution in [0.15, 0.2) is 36.8 Å². The molecule has 3 rings (SSSR count). The van der Waals surface area contributed by atoms with Crippen molar-refractivity contribution in [3.63, 3.8) is 0 Å². The molecule has 1 amide bonds. The molecular formula is C18H23N5O2. The maximum atomic E-state index is 12.7. The molecule has 0 spiro atoms. The van der Waals surface area contributed by atoms with Gasteiger partial charge in [0.2, 0.25) is 11.8 Å². The van der Waals surface area contributed by atoms with Crippen LogP contribution in [0.1, 0.15) is 30.6 Å². The fraction of sp³-hybridized carbons (Fsp3) is 0.444. The molecule has 0 atom stereocenters. The van der Waals surface area contributed by atoms with Gasteiger partial charge < -0.3 is 14.5 Å². The highest BCUT2D eigenvalue weighted by Crippen LogP contribution is 2.14. The van der Waals surface area contributed by atoms with E-state index in [-0.39, 0.29) is 12.0 Å². The van der Waals surface area contributed by atoms with Gasteiger partial charge in [-0.05, 0) is 32.4 Å². The second-order valence-corrected chi connectivity index (χ2v) is 6.23. The number of hydrogen-bond acceptors (Lipinski definition) is 6. The summed E-state index contributed by atoms with van der Waals surface area (Å²) in [6, 6.07) is 5.32. The van der Waals surface area contributed by atoms with Crippen LogP contribution < -0.4 is 9.64 Å². The smallest absolute Gasteiger partial charge is 0.255 e. The maximum Gasteiger partial charge on any atom is 0.255 e. The van der Waals surface area contributed by atoms with Crippen molar-refractivity contribution in [2.75, 3.05) is 31.1 Å². The summed E-state index contributed by atoms with van der Waals surface area (Å²) in [5.41, 5.74) is 0.584. The van der Waals surface area contributed by atoms with Gasteiger partial charge in [0.1, 0.15) is 0 Å². The summed E-state index contributed by atoms with van der Waals surface area (Å²) >= 11 is 0. The third-order valence-electron chi connectivity index (χ3n) is 3.96. The van der Waals surface area contributed by atoms with Crippen LogP contribution in [0.25, 0.3) is 0 Å². The Bertz CT molecular complexity index is 690. The molecule has 1 aliphatic rings. The van der Waals surface area contributed by atoms with E-state index in [9.17, 15) is 4.79 Å². The fourth-order valence-electron chi connectivity index (χ4n) is 2.78. The lowest BCUT2D eigenvalue weighted by Crippen LogP contribution is -2.35. The van der Waals surface area contributed by atoms with Crippen LogP contribution in [0.5, 0.6) is 5.88 Å². The van der Waals surface area contributed by atoms with Crippen molar-refractivity contribution >= 4 is 11.9 Å². The zero-order valence-electron chi connectivity index (χ0n) is 14.6. The predicted octanol–water partition coefficient (Wildman–Crippen LogP) is 2.01. The summed E-state index contributed by atoms with van der Waals surface area (Å²) in [5, 5.41) is 0. The molecule has 0 unspecified atom stereocenters. The lowest BCUT2D eigenvalue weighted by Gasteiger charge is -2.22. The number of rotatable bonds is 4. The van der Waals surface area contributed by atoms with E-state index in [0.717, 1.165) is 19.5 Å². The zero-order chi connectivity index (χ0) is 17.6. The molecule has 2 aromatic rings. The van der Waals surface area contributed by atoms with Crippen molar-refractivity contribution in [3.8, 4) is 5.88 Å². The van der Waals surface area contributed by atoms with E-state index in [4.69, 9.17) is 4.74 Å². The standard InChI is InChI=1S/C18H23N5O2/c1-14(2)25-16-6-5-15(13-21-16)17(24)22-9-4-10-23(12-11-22)18-19-7-3-8-20-18/h3,5-8,13-14H,4,9-12H2,1-2H3. The first kappa shape index (κ1) is 17.1. The number of carbonyl (C=O) groups is 1. The first-order valence-corrected chi connectivity index (χ1v) is 8.57. The third kappa shape index (κ3) is 4.43. The number of nitrogens with zero attached hydrogens (tertiary/aromatic N) is 5. The van der Waals surface area contributed by atoms with Gasteiger partial charge in [-0.1, -0.05) is 0 Å². The van der Waals surface area contributed by atoms with Crippen LogP contribution in [-0.4, -0.2) is 58.0 Å². The first-order valence-electron chi connectivity index (χ1n) is 8.57. The van der Waals surface area contributed by atoms with E-state index in [1.165, 1.54) is 0 Å². The van der Waals surface area contributed by atoms with Crippen molar-refractivity contribution in [2.24, 2.45) is 0 Å². The first-order chi connectivity index (χ1) is 12.1. The third-order valence-corrected chi connectivity index (χ3v) is 3.96. The second-order valence-electron chi connectivity index (χ2n) is 6.23. The quantitative estimate of drug-likeness (QED) is 0.847. The van der Waals surface area contributed by atoms with Gasteiger partial charge in [-0.2, -0.15) is 0 Å². The molecule has 0 N–H and O–H groups in total. The Morgan fingerprint density at radius 3 is 2.56 bits per heavy atom. The highest BCUT2D eigenvalue weighted by atomic mass is 16.5. The lowest BCUT2D eigenvalue weighted by molar-refractivity contribution is 0.0766. The number of hydrogen-bond donors (Lipinski definition) is 0. The number of ether oxygens (including phenoxy) is 1. The summed E-state index contributed by atoms with van der Waals surface area (Å²) in [6.07, 6.45) is 6.01. The van der Waals surface area contributed by atoms with Crippen LogP contribution in [0.3, 0.4) is 0 Å². The molecular weight excluding hydrogens is 318 g/mol. The number of pyridine rings is 1. The molecule has 132 valence electrons. The highest BCUT2D eigenvalue weighted by Gasteiger charge is 2.21. The Morgan fingerprint density at radius 2 is 1.88 bits per heavy atom. The van der Waals surface area contributed by atoms with Gasteiger partial charge in [-0.25, -0.2) is 15.0 Å². The van der Waals surface area contributed by atoms with Gasteiger partial charge in [0.15, 0.2) is 0 Å². The summed E-state index contributed by atoms with van der Waals surface area (Å²) in [6.45, 7) is 6.80. The van der Waals surface area contributed by atoms with Gasteiger partial charge in [-0.3, -0.25) is 4.79 Å². The van der Waals surface area contributed by atoms with E-state index >= 15 is 0 Å². The SMILES string of the molecule is CC(C)Oc1ccc(C(=O)N2CCCN(c3ncccn3)CC2)cn1.